The van der Waals surface area contributed by atoms with E-state index in [2.05, 4.69) is 24.3 Å². The molecular weight excluding hydrogens is 312 g/mol. The van der Waals surface area contributed by atoms with Gasteiger partial charge in [-0.05, 0) is 30.5 Å². The molecule has 0 bridgehead atoms. The summed E-state index contributed by atoms with van der Waals surface area (Å²) in [6, 6.07) is 5.82. The predicted octanol–water partition coefficient (Wildman–Crippen LogP) is 1.94. The number of carbonyl (C=O) groups excluding carboxylic acids is 1. The summed E-state index contributed by atoms with van der Waals surface area (Å²) < 4.78 is 10.3. The van der Waals surface area contributed by atoms with E-state index in [9.17, 15) is 4.79 Å². The number of nitrogens with zero attached hydrogens (tertiary/aromatic N) is 5. The van der Waals surface area contributed by atoms with Crippen LogP contribution in [0.3, 0.4) is 0 Å². The van der Waals surface area contributed by atoms with Crippen LogP contribution in [-0.4, -0.2) is 29.4 Å². The smallest absolute Gasteiger partial charge is 0.289 e. The topological polar surface area (TPSA) is 85.6 Å². The summed E-state index contributed by atoms with van der Waals surface area (Å²) in [5, 5.41) is 11.2. The van der Waals surface area contributed by atoms with Gasteiger partial charge in [0.15, 0.2) is 0 Å². The minimum absolute atomic E-state index is 0.179. The van der Waals surface area contributed by atoms with Gasteiger partial charge in [-0.3, -0.25) is 4.79 Å². The van der Waals surface area contributed by atoms with E-state index in [1.54, 1.807) is 0 Å². The second-order valence-electron chi connectivity index (χ2n) is 5.67. The maximum atomic E-state index is 12.4. The van der Waals surface area contributed by atoms with Gasteiger partial charge in [0.2, 0.25) is 5.82 Å². The molecule has 0 atom stereocenters. The van der Waals surface area contributed by atoms with Crippen LogP contribution in [0.25, 0.3) is 11.0 Å². The molecule has 3 aromatic rings. The highest BCUT2D eigenvalue weighted by molar-refractivity contribution is 7.00. The van der Waals surface area contributed by atoms with E-state index in [1.165, 1.54) is 18.1 Å². The first-order valence-electron chi connectivity index (χ1n) is 7.73. The molecular formula is C15H16N6OS. The molecule has 118 valence electrons. The summed E-state index contributed by atoms with van der Waals surface area (Å²) in [5.41, 5.74) is 2.74. The van der Waals surface area contributed by atoms with Crippen molar-refractivity contribution in [1.29, 1.82) is 0 Å². The van der Waals surface area contributed by atoms with Crippen LogP contribution in [-0.2, 0) is 19.5 Å². The molecule has 1 aromatic carbocycles. The van der Waals surface area contributed by atoms with Crippen LogP contribution in [0.2, 0.25) is 0 Å². The van der Waals surface area contributed by atoms with Gasteiger partial charge in [-0.25, -0.2) is 0 Å². The lowest BCUT2D eigenvalue weighted by atomic mass is 10.2. The Morgan fingerprint density at radius 3 is 3.04 bits per heavy atom. The number of fused-ring (bicyclic) bond motifs is 2. The van der Waals surface area contributed by atoms with Gasteiger partial charge in [0, 0.05) is 19.5 Å². The number of nitrogens with one attached hydrogen (secondary N) is 1. The molecule has 2 aromatic heterocycles. The molecule has 8 heteroatoms. The molecule has 0 aliphatic carbocycles. The van der Waals surface area contributed by atoms with E-state index >= 15 is 0 Å². The molecule has 3 heterocycles. The van der Waals surface area contributed by atoms with Crippen LogP contribution in [0.1, 0.15) is 41.3 Å². The van der Waals surface area contributed by atoms with Crippen LogP contribution in [0.5, 0.6) is 0 Å². The maximum Gasteiger partial charge on any atom is 0.289 e. The van der Waals surface area contributed by atoms with E-state index < -0.39 is 0 Å². The fourth-order valence-electron chi connectivity index (χ4n) is 2.85. The number of hydrogen-bond donors (Lipinski definition) is 1. The molecule has 0 spiro atoms. The van der Waals surface area contributed by atoms with Gasteiger partial charge < -0.3 is 9.88 Å². The predicted molar refractivity (Wildman–Crippen MR) is 86.2 cm³/mol. The lowest BCUT2D eigenvalue weighted by molar-refractivity contribution is 0.0935. The van der Waals surface area contributed by atoms with E-state index in [4.69, 9.17) is 0 Å². The Balaban J connectivity index is 1.48. The molecule has 0 radical (unpaired) electrons. The van der Waals surface area contributed by atoms with Crippen molar-refractivity contribution in [2.45, 2.75) is 38.8 Å². The van der Waals surface area contributed by atoms with Crippen LogP contribution in [0, 0.1) is 0 Å². The number of aromatic nitrogens is 5. The third-order valence-electron chi connectivity index (χ3n) is 4.08. The summed E-state index contributed by atoms with van der Waals surface area (Å²) in [5.74, 6) is 1.16. The fraction of sp³-hybridized carbons (Fsp3) is 0.400. The first-order chi connectivity index (χ1) is 11.3. The zero-order chi connectivity index (χ0) is 15.6. The lowest BCUT2D eigenvalue weighted by Crippen LogP contribution is -2.26. The molecule has 0 saturated carbocycles. The second-order valence-corrected chi connectivity index (χ2v) is 6.20. The van der Waals surface area contributed by atoms with Crippen LogP contribution in [0.4, 0.5) is 0 Å². The van der Waals surface area contributed by atoms with Gasteiger partial charge in [0.05, 0.1) is 11.7 Å². The number of aryl methyl sites for hydroxylation is 1. The van der Waals surface area contributed by atoms with Gasteiger partial charge in [-0.1, -0.05) is 12.5 Å². The van der Waals surface area contributed by atoms with E-state index in [0.717, 1.165) is 48.2 Å². The van der Waals surface area contributed by atoms with Crippen LogP contribution >= 0.6 is 11.7 Å². The standard InChI is InChI=1S/C15H16N6OS/c22-15(14-18-17-13-4-2-1-3-7-21(13)14)16-9-10-5-6-11-12(8-10)20-23-19-11/h5-6,8H,1-4,7,9H2,(H,16,22). The van der Waals surface area contributed by atoms with Crippen molar-refractivity contribution in [3.8, 4) is 0 Å². The molecule has 0 unspecified atom stereocenters. The molecule has 0 saturated heterocycles. The maximum absolute atomic E-state index is 12.4. The van der Waals surface area contributed by atoms with Gasteiger partial charge in [-0.15, -0.1) is 10.2 Å². The number of carbonyl (C=O) groups is 1. The number of amides is 1. The quantitative estimate of drug-likeness (QED) is 0.794. The number of benzene rings is 1. The van der Waals surface area contributed by atoms with E-state index in [0.29, 0.717) is 12.4 Å². The molecule has 4 rings (SSSR count). The van der Waals surface area contributed by atoms with Gasteiger partial charge in [0.25, 0.3) is 5.91 Å². The Morgan fingerprint density at radius 2 is 2.09 bits per heavy atom. The second kappa shape index (κ2) is 6.04. The Kier molecular flexibility index (Phi) is 3.74. The Hall–Kier alpha value is -2.35. The first kappa shape index (κ1) is 14.3. The summed E-state index contributed by atoms with van der Waals surface area (Å²) >= 11 is 1.19. The number of hydrogen-bond acceptors (Lipinski definition) is 6. The summed E-state index contributed by atoms with van der Waals surface area (Å²) in [4.78, 5) is 12.4. The van der Waals surface area contributed by atoms with Crippen molar-refractivity contribution in [3.63, 3.8) is 0 Å². The molecule has 1 aliphatic heterocycles. The van der Waals surface area contributed by atoms with E-state index in [-0.39, 0.29) is 5.91 Å². The van der Waals surface area contributed by atoms with Crippen molar-refractivity contribution >= 4 is 28.7 Å². The third-order valence-corrected chi connectivity index (χ3v) is 4.64. The van der Waals surface area contributed by atoms with Gasteiger partial charge in [0.1, 0.15) is 16.9 Å². The minimum atomic E-state index is -0.179. The third kappa shape index (κ3) is 2.81. The van der Waals surface area contributed by atoms with Crippen LogP contribution < -0.4 is 5.32 Å². The molecule has 23 heavy (non-hydrogen) atoms. The Morgan fingerprint density at radius 1 is 1.17 bits per heavy atom. The monoisotopic (exact) mass is 328 g/mol. The zero-order valence-electron chi connectivity index (χ0n) is 12.5. The molecule has 1 aliphatic rings. The Bertz CT molecular complexity index is 855. The highest BCUT2D eigenvalue weighted by atomic mass is 32.1. The Labute approximate surface area is 137 Å². The normalized spacial score (nSPS) is 14.4. The first-order valence-corrected chi connectivity index (χ1v) is 8.46. The zero-order valence-corrected chi connectivity index (χ0v) is 13.3. The van der Waals surface area contributed by atoms with Gasteiger partial charge in [-0.2, -0.15) is 8.75 Å². The van der Waals surface area contributed by atoms with Crippen molar-refractivity contribution < 1.29 is 4.79 Å². The van der Waals surface area contributed by atoms with Crippen molar-refractivity contribution in [2.75, 3.05) is 0 Å². The highest BCUT2D eigenvalue weighted by Crippen LogP contribution is 2.15. The SMILES string of the molecule is O=C(NCc1ccc2nsnc2c1)c1nnc2n1CCCCC2. The average molecular weight is 328 g/mol. The average Bonchev–Trinajstić information content (AvgIpc) is 3.13. The van der Waals surface area contributed by atoms with Crippen molar-refractivity contribution in [2.24, 2.45) is 0 Å². The lowest BCUT2D eigenvalue weighted by Gasteiger charge is -2.08. The number of rotatable bonds is 3. The van der Waals surface area contributed by atoms with Crippen molar-refractivity contribution in [1.82, 2.24) is 28.8 Å². The fourth-order valence-corrected chi connectivity index (χ4v) is 3.37. The summed E-state index contributed by atoms with van der Waals surface area (Å²) in [6.45, 7) is 1.26. The van der Waals surface area contributed by atoms with Crippen LogP contribution in [0.15, 0.2) is 18.2 Å². The van der Waals surface area contributed by atoms with Crippen molar-refractivity contribution in [3.05, 3.63) is 35.4 Å². The molecule has 1 amide bonds. The van der Waals surface area contributed by atoms with E-state index in [1.807, 2.05) is 22.8 Å². The summed E-state index contributed by atoms with van der Waals surface area (Å²) in [6.07, 6.45) is 4.25. The molecule has 1 N–H and O–H groups in total. The summed E-state index contributed by atoms with van der Waals surface area (Å²) in [7, 11) is 0. The molecule has 7 nitrogen and oxygen atoms in total. The minimum Gasteiger partial charge on any atom is -0.345 e. The van der Waals surface area contributed by atoms with Gasteiger partial charge >= 0.3 is 0 Å². The highest BCUT2D eigenvalue weighted by Gasteiger charge is 2.19. The largest absolute Gasteiger partial charge is 0.345 e. The molecule has 0 fully saturated rings.